The number of carbonyl (C=O) groups is 1. The Labute approximate surface area is 124 Å². The molecule has 0 N–H and O–H groups in total. The number of rotatable bonds is 2. The van der Waals surface area contributed by atoms with Crippen LogP contribution in [0.4, 0.5) is 4.39 Å². The van der Waals surface area contributed by atoms with Gasteiger partial charge < -0.3 is 4.74 Å². The van der Waals surface area contributed by atoms with Crippen molar-refractivity contribution in [2.75, 3.05) is 6.61 Å². The number of carbonyl (C=O) groups excluding carboxylic acids is 1. The molecule has 1 aliphatic heterocycles. The molecule has 0 fully saturated rings. The van der Waals surface area contributed by atoms with Crippen LogP contribution >= 0.6 is 22.9 Å². The third kappa shape index (κ3) is 2.15. The molecule has 0 atom stereocenters. The highest BCUT2D eigenvalue weighted by molar-refractivity contribution is 7.17. The number of thiophene rings is 1. The third-order valence-electron chi connectivity index (χ3n) is 3.26. The molecule has 20 heavy (non-hydrogen) atoms. The SMILES string of the molecule is Cc1c(F)cccc1C1=C(c2ccc(Cl)s2)COC1=O. The zero-order valence-electron chi connectivity index (χ0n) is 10.6. The van der Waals surface area contributed by atoms with Gasteiger partial charge in [-0.2, -0.15) is 0 Å². The Balaban J connectivity index is 2.21. The van der Waals surface area contributed by atoms with E-state index >= 15 is 0 Å². The molecular formula is C15H10ClFO2S. The van der Waals surface area contributed by atoms with Gasteiger partial charge in [0.05, 0.1) is 9.91 Å². The van der Waals surface area contributed by atoms with Gasteiger partial charge in [-0.3, -0.25) is 0 Å². The molecule has 2 heterocycles. The van der Waals surface area contributed by atoms with Crippen molar-refractivity contribution in [2.45, 2.75) is 6.92 Å². The molecule has 1 aromatic heterocycles. The van der Waals surface area contributed by atoms with Crippen LogP contribution in [-0.2, 0) is 9.53 Å². The minimum Gasteiger partial charge on any atom is -0.457 e. The van der Waals surface area contributed by atoms with Crippen molar-refractivity contribution < 1.29 is 13.9 Å². The fourth-order valence-corrected chi connectivity index (χ4v) is 3.31. The third-order valence-corrected chi connectivity index (χ3v) is 4.55. The van der Waals surface area contributed by atoms with Crippen LogP contribution in [0, 0.1) is 12.7 Å². The maximum atomic E-state index is 13.7. The first-order valence-electron chi connectivity index (χ1n) is 5.99. The Kier molecular flexibility index (Phi) is 3.36. The summed E-state index contributed by atoms with van der Waals surface area (Å²) >= 11 is 7.31. The van der Waals surface area contributed by atoms with Gasteiger partial charge in [0.15, 0.2) is 0 Å². The van der Waals surface area contributed by atoms with Gasteiger partial charge in [-0.15, -0.1) is 11.3 Å². The molecule has 102 valence electrons. The average Bonchev–Trinajstić information content (AvgIpc) is 2.99. The summed E-state index contributed by atoms with van der Waals surface area (Å²) in [5, 5.41) is 0. The van der Waals surface area contributed by atoms with E-state index in [9.17, 15) is 9.18 Å². The van der Waals surface area contributed by atoms with Gasteiger partial charge in [-0.05, 0) is 36.2 Å². The lowest BCUT2D eigenvalue weighted by molar-refractivity contribution is -0.133. The number of hydrogen-bond acceptors (Lipinski definition) is 3. The van der Waals surface area contributed by atoms with E-state index < -0.39 is 5.97 Å². The molecule has 0 spiro atoms. The first-order chi connectivity index (χ1) is 9.58. The van der Waals surface area contributed by atoms with E-state index in [1.807, 2.05) is 6.07 Å². The predicted octanol–water partition coefficient (Wildman–Crippen LogP) is 4.32. The zero-order valence-corrected chi connectivity index (χ0v) is 12.1. The van der Waals surface area contributed by atoms with E-state index in [1.165, 1.54) is 17.4 Å². The highest BCUT2D eigenvalue weighted by Crippen LogP contribution is 2.38. The fraction of sp³-hybridized carbons (Fsp3) is 0.133. The lowest BCUT2D eigenvalue weighted by atomic mass is 9.96. The monoisotopic (exact) mass is 308 g/mol. The van der Waals surface area contributed by atoms with Crippen LogP contribution in [0.25, 0.3) is 11.1 Å². The Bertz CT molecular complexity index is 733. The summed E-state index contributed by atoms with van der Waals surface area (Å²) in [6.45, 7) is 1.85. The molecule has 0 radical (unpaired) electrons. The largest absolute Gasteiger partial charge is 0.457 e. The minimum atomic E-state index is -0.418. The van der Waals surface area contributed by atoms with E-state index in [-0.39, 0.29) is 12.4 Å². The first-order valence-corrected chi connectivity index (χ1v) is 7.19. The molecule has 0 amide bonds. The number of ether oxygens (including phenoxy) is 1. The van der Waals surface area contributed by atoms with Gasteiger partial charge in [-0.25, -0.2) is 9.18 Å². The molecule has 2 aromatic rings. The van der Waals surface area contributed by atoms with Gasteiger partial charge in [0, 0.05) is 10.5 Å². The van der Waals surface area contributed by atoms with Gasteiger partial charge >= 0.3 is 5.97 Å². The lowest BCUT2D eigenvalue weighted by Crippen LogP contribution is -2.01. The summed E-state index contributed by atoms with van der Waals surface area (Å²) in [4.78, 5) is 12.9. The van der Waals surface area contributed by atoms with Gasteiger partial charge in [0.2, 0.25) is 0 Å². The van der Waals surface area contributed by atoms with Gasteiger partial charge in [-0.1, -0.05) is 23.7 Å². The quantitative estimate of drug-likeness (QED) is 0.772. The molecule has 1 aliphatic rings. The molecule has 0 unspecified atom stereocenters. The summed E-state index contributed by atoms with van der Waals surface area (Å²) < 4.78 is 19.5. The summed E-state index contributed by atoms with van der Waals surface area (Å²) in [5.74, 6) is -0.753. The topological polar surface area (TPSA) is 26.3 Å². The number of halogens is 2. The van der Waals surface area contributed by atoms with Crippen molar-refractivity contribution in [1.29, 1.82) is 0 Å². The molecule has 5 heteroatoms. The molecule has 0 aliphatic carbocycles. The molecule has 0 bridgehead atoms. The predicted molar refractivity (Wildman–Crippen MR) is 78.2 cm³/mol. The van der Waals surface area contributed by atoms with Crippen molar-refractivity contribution in [3.05, 3.63) is 56.5 Å². The molecule has 1 aromatic carbocycles. The van der Waals surface area contributed by atoms with Crippen LogP contribution in [0.3, 0.4) is 0 Å². The highest BCUT2D eigenvalue weighted by Gasteiger charge is 2.29. The molecule has 0 saturated heterocycles. The zero-order chi connectivity index (χ0) is 14.3. The van der Waals surface area contributed by atoms with E-state index in [0.717, 1.165) is 10.5 Å². The lowest BCUT2D eigenvalue weighted by Gasteiger charge is -2.07. The standard InChI is InChI=1S/C15H10ClFO2S/c1-8-9(3-2-4-11(8)17)14-10(7-19-15(14)18)12-5-6-13(16)20-12/h2-6H,7H2,1H3. The van der Waals surface area contributed by atoms with Crippen LogP contribution < -0.4 is 0 Å². The van der Waals surface area contributed by atoms with Crippen molar-refractivity contribution in [2.24, 2.45) is 0 Å². The Morgan fingerprint density at radius 2 is 2.10 bits per heavy atom. The Morgan fingerprint density at radius 1 is 1.30 bits per heavy atom. The molecule has 3 rings (SSSR count). The smallest absolute Gasteiger partial charge is 0.339 e. The fourth-order valence-electron chi connectivity index (χ4n) is 2.23. The van der Waals surface area contributed by atoms with Crippen molar-refractivity contribution in [3.63, 3.8) is 0 Å². The maximum Gasteiger partial charge on any atom is 0.339 e. The number of benzene rings is 1. The maximum absolute atomic E-state index is 13.7. The average molecular weight is 309 g/mol. The van der Waals surface area contributed by atoms with Crippen molar-refractivity contribution in [3.8, 4) is 0 Å². The Morgan fingerprint density at radius 3 is 2.80 bits per heavy atom. The number of esters is 1. The van der Waals surface area contributed by atoms with Crippen molar-refractivity contribution in [1.82, 2.24) is 0 Å². The second-order valence-electron chi connectivity index (χ2n) is 4.45. The van der Waals surface area contributed by atoms with Crippen molar-refractivity contribution >= 4 is 40.1 Å². The van der Waals surface area contributed by atoms with Gasteiger partial charge in [0.25, 0.3) is 0 Å². The second kappa shape index (κ2) is 5.04. The summed E-state index contributed by atoms with van der Waals surface area (Å²) in [6.07, 6.45) is 0. The van der Waals surface area contributed by atoms with E-state index in [4.69, 9.17) is 16.3 Å². The highest BCUT2D eigenvalue weighted by atomic mass is 35.5. The van der Waals surface area contributed by atoms with E-state index in [1.54, 1.807) is 25.1 Å². The molecule has 2 nitrogen and oxygen atoms in total. The molecular weight excluding hydrogens is 299 g/mol. The van der Waals surface area contributed by atoms with Crippen LogP contribution in [0.1, 0.15) is 16.0 Å². The minimum absolute atomic E-state index is 0.195. The van der Waals surface area contributed by atoms with E-state index in [0.29, 0.717) is 21.0 Å². The van der Waals surface area contributed by atoms with Crippen LogP contribution in [0.15, 0.2) is 30.3 Å². The number of hydrogen-bond donors (Lipinski definition) is 0. The second-order valence-corrected chi connectivity index (χ2v) is 6.16. The van der Waals surface area contributed by atoms with Crippen LogP contribution in [0.2, 0.25) is 4.34 Å². The molecule has 0 saturated carbocycles. The summed E-state index contributed by atoms with van der Waals surface area (Å²) in [6, 6.07) is 8.32. The van der Waals surface area contributed by atoms with Crippen LogP contribution in [-0.4, -0.2) is 12.6 Å². The summed E-state index contributed by atoms with van der Waals surface area (Å²) in [5.41, 5.74) is 2.22. The normalized spacial score (nSPS) is 14.8. The summed E-state index contributed by atoms with van der Waals surface area (Å²) in [7, 11) is 0. The first kappa shape index (κ1) is 13.3. The van der Waals surface area contributed by atoms with Gasteiger partial charge in [0.1, 0.15) is 12.4 Å². The Hall–Kier alpha value is -1.65. The van der Waals surface area contributed by atoms with E-state index in [2.05, 4.69) is 0 Å². The number of cyclic esters (lactones) is 1. The van der Waals surface area contributed by atoms with Crippen LogP contribution in [0.5, 0.6) is 0 Å².